The number of hydrogen-bond acceptors (Lipinski definition) is 6. The van der Waals surface area contributed by atoms with E-state index in [4.69, 9.17) is 9.72 Å². The maximum absolute atomic E-state index is 13.4. The van der Waals surface area contributed by atoms with Gasteiger partial charge in [0.25, 0.3) is 0 Å². The number of aromatic nitrogens is 1. The van der Waals surface area contributed by atoms with Gasteiger partial charge in [-0.15, -0.1) is 11.3 Å². The second kappa shape index (κ2) is 8.54. The lowest BCUT2D eigenvalue weighted by molar-refractivity contribution is -0.00930. The summed E-state index contributed by atoms with van der Waals surface area (Å²) in [6.07, 6.45) is 1.92. The molecular weight excluding hydrogens is 434 g/mol. The van der Waals surface area contributed by atoms with Gasteiger partial charge in [0, 0.05) is 30.1 Å². The first-order valence-corrected chi connectivity index (χ1v) is 12.4. The monoisotopic (exact) mass is 463 g/mol. The molecule has 3 aromatic rings. The van der Waals surface area contributed by atoms with E-state index in [2.05, 4.69) is 4.90 Å². The Morgan fingerprint density at radius 1 is 1.09 bits per heavy atom. The fraction of sp³-hybridized carbons (Fsp3) is 0.423. The Bertz CT molecular complexity index is 1190. The van der Waals surface area contributed by atoms with Crippen LogP contribution in [0.3, 0.4) is 0 Å². The molecule has 1 aromatic heterocycles. The zero-order valence-corrected chi connectivity index (χ0v) is 20.1. The first kappa shape index (κ1) is 22.0. The number of amides is 1. The number of fused-ring (bicyclic) bond motifs is 2. The molecule has 2 aliphatic heterocycles. The molecule has 3 heterocycles. The quantitative estimate of drug-likeness (QED) is 0.494. The number of hydrogen-bond donors (Lipinski definition) is 0. The fourth-order valence-corrected chi connectivity index (χ4v) is 5.76. The minimum absolute atomic E-state index is 0.0898. The molecule has 1 amide bonds. The van der Waals surface area contributed by atoms with Crippen LogP contribution >= 0.6 is 11.3 Å². The average Bonchev–Trinajstić information content (AvgIpc) is 3.45. The van der Waals surface area contributed by atoms with E-state index in [0.717, 1.165) is 41.7 Å². The summed E-state index contributed by atoms with van der Waals surface area (Å²) in [5, 5.41) is 4.56. The van der Waals surface area contributed by atoms with Gasteiger partial charge in [-0.1, -0.05) is 42.5 Å². The van der Waals surface area contributed by atoms with E-state index < -0.39 is 5.60 Å². The van der Waals surface area contributed by atoms with Crippen LogP contribution in [0.4, 0.5) is 4.79 Å². The summed E-state index contributed by atoms with van der Waals surface area (Å²) in [7, 11) is 0. The van der Waals surface area contributed by atoms with Crippen molar-refractivity contribution < 1.29 is 14.3 Å². The van der Waals surface area contributed by atoms with E-state index in [9.17, 15) is 9.59 Å². The average molecular weight is 464 g/mol. The number of carbonyl (C=O) groups is 2. The molecule has 33 heavy (non-hydrogen) atoms. The van der Waals surface area contributed by atoms with Crippen LogP contribution in [0, 0.1) is 0 Å². The van der Waals surface area contributed by atoms with Crippen molar-refractivity contribution in [1.29, 1.82) is 0 Å². The minimum atomic E-state index is -0.563. The highest BCUT2D eigenvalue weighted by molar-refractivity contribution is 7.10. The summed E-state index contributed by atoms with van der Waals surface area (Å²) >= 11 is 1.45. The minimum Gasteiger partial charge on any atom is -0.444 e. The maximum Gasteiger partial charge on any atom is 0.410 e. The van der Waals surface area contributed by atoms with Crippen molar-refractivity contribution in [3.8, 4) is 0 Å². The molecule has 5 rings (SSSR count). The van der Waals surface area contributed by atoms with Crippen molar-refractivity contribution in [2.45, 2.75) is 51.3 Å². The van der Waals surface area contributed by atoms with Gasteiger partial charge in [-0.3, -0.25) is 14.6 Å². The fourth-order valence-electron chi connectivity index (χ4n) is 4.86. The van der Waals surface area contributed by atoms with Crippen molar-refractivity contribution in [2.24, 2.45) is 0 Å². The molecule has 172 valence electrons. The van der Waals surface area contributed by atoms with Gasteiger partial charge >= 0.3 is 6.09 Å². The smallest absolute Gasteiger partial charge is 0.410 e. The maximum atomic E-state index is 13.4. The Morgan fingerprint density at radius 2 is 1.88 bits per heavy atom. The van der Waals surface area contributed by atoms with Crippen LogP contribution in [0.15, 0.2) is 47.8 Å². The Balaban J connectivity index is 1.45. The van der Waals surface area contributed by atoms with E-state index in [1.807, 2.05) is 73.5 Å². The number of nitrogens with zero attached hydrogens (tertiary/aromatic N) is 3. The number of ketones is 1. The lowest BCUT2D eigenvalue weighted by Gasteiger charge is -2.42. The molecule has 0 N–H and O–H groups in total. The lowest BCUT2D eigenvalue weighted by atomic mass is 10.0. The number of rotatable bonds is 3. The molecule has 2 aromatic carbocycles. The van der Waals surface area contributed by atoms with E-state index in [0.29, 0.717) is 23.8 Å². The molecule has 2 saturated heterocycles. The molecule has 0 spiro atoms. The molecular formula is C26H29N3O3S. The number of carbonyl (C=O) groups excluding carboxylic acids is 2. The summed E-state index contributed by atoms with van der Waals surface area (Å²) in [5.74, 6) is -0.0898. The molecule has 2 aliphatic rings. The molecule has 6 nitrogen and oxygen atoms in total. The molecule has 2 fully saturated rings. The highest BCUT2D eigenvalue weighted by atomic mass is 32.1. The highest BCUT2D eigenvalue weighted by Gasteiger charge is 2.42. The summed E-state index contributed by atoms with van der Waals surface area (Å²) in [6.45, 7) is 8.05. The zero-order chi connectivity index (χ0) is 23.2. The molecule has 0 radical (unpaired) electrons. The first-order chi connectivity index (χ1) is 15.8. The molecule has 7 heteroatoms. The van der Waals surface area contributed by atoms with E-state index in [-0.39, 0.29) is 17.9 Å². The van der Waals surface area contributed by atoms with E-state index >= 15 is 0 Å². The van der Waals surface area contributed by atoms with Crippen molar-refractivity contribution in [2.75, 3.05) is 19.6 Å². The van der Waals surface area contributed by atoms with Crippen molar-refractivity contribution in [3.63, 3.8) is 0 Å². The third-order valence-corrected chi connectivity index (χ3v) is 7.34. The van der Waals surface area contributed by atoms with Crippen LogP contribution in [-0.2, 0) is 4.74 Å². The number of thiazole rings is 1. The lowest BCUT2D eigenvalue weighted by Crippen LogP contribution is -2.54. The van der Waals surface area contributed by atoms with Crippen molar-refractivity contribution >= 4 is 34.0 Å². The van der Waals surface area contributed by atoms with E-state index in [1.165, 1.54) is 11.3 Å². The van der Waals surface area contributed by atoms with Crippen LogP contribution in [0.2, 0.25) is 0 Å². The summed E-state index contributed by atoms with van der Waals surface area (Å²) in [6, 6.07) is 13.8. The van der Waals surface area contributed by atoms with Gasteiger partial charge in [0.05, 0.1) is 6.04 Å². The molecule has 0 aliphatic carbocycles. The largest absolute Gasteiger partial charge is 0.444 e. The number of piperazine rings is 1. The Labute approximate surface area is 198 Å². The highest BCUT2D eigenvalue weighted by Crippen LogP contribution is 2.35. The van der Waals surface area contributed by atoms with Crippen LogP contribution in [-0.4, -0.2) is 57.9 Å². The third-order valence-electron chi connectivity index (χ3n) is 6.39. The first-order valence-electron chi connectivity index (χ1n) is 11.5. The van der Waals surface area contributed by atoms with Gasteiger partial charge in [-0.25, -0.2) is 9.78 Å². The Morgan fingerprint density at radius 3 is 2.70 bits per heavy atom. The molecule has 0 bridgehead atoms. The summed E-state index contributed by atoms with van der Waals surface area (Å²) in [5.41, 5.74) is 0.517. The standard InChI is InChI=1S/C26H29N3O3S/c1-26(2,3)32-25(31)29-14-18-10-7-13-28(18)15-22(29)24-27-21(16-33-24)23(30)20-12-6-9-17-8-4-5-11-19(17)20/h4-6,8-9,11-12,16,18,22H,7,10,13-15H2,1-3H3/t18-,22+/m1/s1. The summed E-state index contributed by atoms with van der Waals surface area (Å²) in [4.78, 5) is 35.5. The summed E-state index contributed by atoms with van der Waals surface area (Å²) < 4.78 is 5.73. The molecule has 0 saturated carbocycles. The topological polar surface area (TPSA) is 62.7 Å². The zero-order valence-electron chi connectivity index (χ0n) is 19.3. The van der Waals surface area contributed by atoms with Crippen LogP contribution in [0.25, 0.3) is 10.8 Å². The second-order valence-electron chi connectivity index (χ2n) is 9.87. The predicted molar refractivity (Wildman–Crippen MR) is 130 cm³/mol. The van der Waals surface area contributed by atoms with Crippen LogP contribution in [0.5, 0.6) is 0 Å². The van der Waals surface area contributed by atoms with Gasteiger partial charge in [0.1, 0.15) is 16.3 Å². The Hall–Kier alpha value is -2.77. The van der Waals surface area contributed by atoms with Gasteiger partial charge in [-0.2, -0.15) is 0 Å². The van der Waals surface area contributed by atoms with Crippen LogP contribution in [0.1, 0.15) is 60.7 Å². The van der Waals surface area contributed by atoms with E-state index in [1.54, 1.807) is 0 Å². The molecule has 0 unspecified atom stereocenters. The second-order valence-corrected chi connectivity index (χ2v) is 10.8. The van der Waals surface area contributed by atoms with Crippen molar-refractivity contribution in [1.82, 2.24) is 14.8 Å². The Kier molecular flexibility index (Phi) is 5.70. The SMILES string of the molecule is CC(C)(C)OC(=O)N1C[C@H]2CCCN2C[C@H]1c1nc(C(=O)c2cccc3ccccc23)cs1. The number of benzene rings is 2. The van der Waals surface area contributed by atoms with Crippen molar-refractivity contribution in [3.05, 3.63) is 64.1 Å². The third kappa shape index (κ3) is 4.39. The van der Waals surface area contributed by atoms with Gasteiger partial charge in [-0.05, 0) is 50.9 Å². The molecule has 2 atom stereocenters. The number of ether oxygens (including phenoxy) is 1. The van der Waals surface area contributed by atoms with Gasteiger partial charge in [0.2, 0.25) is 5.78 Å². The normalized spacial score (nSPS) is 21.2. The predicted octanol–water partition coefficient (Wildman–Crippen LogP) is 5.28. The van der Waals surface area contributed by atoms with Crippen LogP contribution < -0.4 is 0 Å². The van der Waals surface area contributed by atoms with Gasteiger partial charge in [0.15, 0.2) is 0 Å². The van der Waals surface area contributed by atoms with Gasteiger partial charge < -0.3 is 4.74 Å².